The Morgan fingerprint density at radius 1 is 0.889 bits per heavy atom. The highest BCUT2D eigenvalue weighted by molar-refractivity contribution is 5.86. The number of aromatic nitrogens is 2. The molecule has 3 aromatic rings. The largest absolute Gasteiger partial charge is 0.368 e. The zero-order valence-corrected chi connectivity index (χ0v) is 15.2. The van der Waals surface area contributed by atoms with Crippen LogP contribution in [0.1, 0.15) is 23.1 Å². The molecular formula is C22H24N4O. The fourth-order valence-electron chi connectivity index (χ4n) is 3.26. The Morgan fingerprint density at radius 3 is 2.33 bits per heavy atom. The van der Waals surface area contributed by atoms with Gasteiger partial charge in [0.2, 0.25) is 5.91 Å². The number of pyridine rings is 2. The summed E-state index contributed by atoms with van der Waals surface area (Å²) in [7, 11) is 0. The lowest BCUT2D eigenvalue weighted by molar-refractivity contribution is -0.125. The standard InChI is InChI=1S/C22H24N4O/c23-21(27)22(20-6-2-1-3-7-20,12-8-19-5-4-13-25-17-19)26-16-11-18-9-14-24-15-10-18/h1-7,9-10,13-15,17,26H,8,11-12,16H2,(H2,23,27). The lowest BCUT2D eigenvalue weighted by atomic mass is 9.83. The maximum absolute atomic E-state index is 12.6. The van der Waals surface area contributed by atoms with E-state index < -0.39 is 5.54 Å². The summed E-state index contributed by atoms with van der Waals surface area (Å²) in [6, 6.07) is 17.6. The molecule has 27 heavy (non-hydrogen) atoms. The highest BCUT2D eigenvalue weighted by atomic mass is 16.1. The quantitative estimate of drug-likeness (QED) is 0.615. The van der Waals surface area contributed by atoms with Gasteiger partial charge in [-0.05, 0) is 54.2 Å². The van der Waals surface area contributed by atoms with E-state index in [1.807, 2.05) is 60.8 Å². The average molecular weight is 360 g/mol. The Balaban J connectivity index is 1.81. The lowest BCUT2D eigenvalue weighted by Gasteiger charge is -2.33. The maximum atomic E-state index is 12.6. The molecule has 0 aliphatic heterocycles. The van der Waals surface area contributed by atoms with E-state index >= 15 is 0 Å². The minimum absolute atomic E-state index is 0.368. The van der Waals surface area contributed by atoms with Gasteiger partial charge >= 0.3 is 0 Å². The Kier molecular flexibility index (Phi) is 6.28. The van der Waals surface area contributed by atoms with E-state index in [1.54, 1.807) is 18.6 Å². The second kappa shape index (κ2) is 9.05. The summed E-state index contributed by atoms with van der Waals surface area (Å²) < 4.78 is 0. The van der Waals surface area contributed by atoms with E-state index in [9.17, 15) is 4.79 Å². The van der Waals surface area contributed by atoms with Crippen LogP contribution in [0.2, 0.25) is 0 Å². The van der Waals surface area contributed by atoms with Gasteiger partial charge in [0.1, 0.15) is 5.54 Å². The van der Waals surface area contributed by atoms with Gasteiger partial charge in [0.25, 0.3) is 0 Å². The van der Waals surface area contributed by atoms with Crippen molar-refractivity contribution in [1.29, 1.82) is 0 Å². The summed E-state index contributed by atoms with van der Waals surface area (Å²) in [5.41, 5.74) is 8.12. The molecule has 1 aromatic carbocycles. The molecule has 1 unspecified atom stereocenters. The molecule has 0 bridgehead atoms. The predicted molar refractivity (Wildman–Crippen MR) is 106 cm³/mol. The lowest BCUT2D eigenvalue weighted by Crippen LogP contribution is -2.53. The van der Waals surface area contributed by atoms with Crippen LogP contribution in [0.3, 0.4) is 0 Å². The number of amides is 1. The Bertz CT molecular complexity index is 840. The molecule has 3 rings (SSSR count). The third-order valence-corrected chi connectivity index (χ3v) is 4.79. The van der Waals surface area contributed by atoms with E-state index in [4.69, 9.17) is 5.73 Å². The van der Waals surface area contributed by atoms with Crippen LogP contribution in [0, 0.1) is 0 Å². The van der Waals surface area contributed by atoms with Crippen LogP contribution in [0.25, 0.3) is 0 Å². The minimum Gasteiger partial charge on any atom is -0.368 e. The normalized spacial score (nSPS) is 13.0. The summed E-state index contributed by atoms with van der Waals surface area (Å²) in [5, 5.41) is 3.45. The summed E-state index contributed by atoms with van der Waals surface area (Å²) in [5.74, 6) is -0.368. The van der Waals surface area contributed by atoms with Gasteiger partial charge in [-0.1, -0.05) is 36.4 Å². The van der Waals surface area contributed by atoms with Crippen LogP contribution in [0.4, 0.5) is 0 Å². The van der Waals surface area contributed by atoms with Gasteiger partial charge in [-0.3, -0.25) is 20.1 Å². The van der Waals surface area contributed by atoms with Crippen molar-refractivity contribution in [3.8, 4) is 0 Å². The number of hydrogen-bond donors (Lipinski definition) is 2. The molecular weight excluding hydrogens is 336 g/mol. The van der Waals surface area contributed by atoms with Crippen molar-refractivity contribution >= 4 is 5.91 Å². The summed E-state index contributed by atoms with van der Waals surface area (Å²) in [6.45, 7) is 0.634. The fraction of sp³-hybridized carbons (Fsp3) is 0.227. The molecule has 5 nitrogen and oxygen atoms in total. The third kappa shape index (κ3) is 4.77. The first-order chi connectivity index (χ1) is 13.2. The highest BCUT2D eigenvalue weighted by Gasteiger charge is 2.37. The SMILES string of the molecule is NC(=O)C(CCc1cccnc1)(NCCc1ccncc1)c1ccccc1. The molecule has 138 valence electrons. The van der Waals surface area contributed by atoms with Gasteiger partial charge in [-0.15, -0.1) is 0 Å². The number of carbonyl (C=O) groups is 1. The van der Waals surface area contributed by atoms with Gasteiger partial charge in [0, 0.05) is 31.3 Å². The first-order valence-corrected chi connectivity index (χ1v) is 9.09. The summed E-state index contributed by atoms with van der Waals surface area (Å²) >= 11 is 0. The van der Waals surface area contributed by atoms with Crippen molar-refractivity contribution < 1.29 is 4.79 Å². The molecule has 0 aliphatic carbocycles. The molecule has 0 saturated heterocycles. The predicted octanol–water partition coefficient (Wildman–Crippen LogP) is 2.62. The number of benzene rings is 1. The number of nitrogens with two attached hydrogens (primary N) is 1. The molecule has 5 heteroatoms. The van der Waals surface area contributed by atoms with Gasteiger partial charge in [0.15, 0.2) is 0 Å². The maximum Gasteiger partial charge on any atom is 0.242 e. The minimum atomic E-state index is -0.926. The van der Waals surface area contributed by atoms with Crippen molar-refractivity contribution in [2.24, 2.45) is 5.73 Å². The van der Waals surface area contributed by atoms with Gasteiger partial charge in [0.05, 0.1) is 0 Å². The zero-order chi connectivity index (χ0) is 19.0. The second-order valence-electron chi connectivity index (χ2n) is 6.53. The summed E-state index contributed by atoms with van der Waals surface area (Å²) in [6.07, 6.45) is 9.18. The van der Waals surface area contributed by atoms with Crippen LogP contribution >= 0.6 is 0 Å². The summed E-state index contributed by atoms with van der Waals surface area (Å²) in [4.78, 5) is 20.8. The Labute approximate surface area is 159 Å². The number of hydrogen-bond acceptors (Lipinski definition) is 4. The van der Waals surface area contributed by atoms with Crippen LogP contribution in [0.15, 0.2) is 79.4 Å². The number of nitrogens with one attached hydrogen (secondary N) is 1. The topological polar surface area (TPSA) is 80.9 Å². The van der Waals surface area contributed by atoms with E-state index in [1.165, 1.54) is 0 Å². The smallest absolute Gasteiger partial charge is 0.242 e. The van der Waals surface area contributed by atoms with Gasteiger partial charge in [-0.25, -0.2) is 0 Å². The van der Waals surface area contributed by atoms with E-state index in [0.29, 0.717) is 19.4 Å². The first-order valence-electron chi connectivity index (χ1n) is 9.09. The molecule has 3 N–H and O–H groups in total. The number of nitrogens with zero attached hydrogens (tertiary/aromatic N) is 2. The van der Waals surface area contributed by atoms with Crippen LogP contribution in [0.5, 0.6) is 0 Å². The van der Waals surface area contributed by atoms with Crippen LogP contribution < -0.4 is 11.1 Å². The van der Waals surface area contributed by atoms with E-state index in [-0.39, 0.29) is 5.91 Å². The van der Waals surface area contributed by atoms with Crippen molar-refractivity contribution in [1.82, 2.24) is 15.3 Å². The molecule has 0 aliphatic rings. The average Bonchev–Trinajstić information content (AvgIpc) is 2.72. The molecule has 1 atom stereocenters. The van der Waals surface area contributed by atoms with E-state index in [2.05, 4.69) is 15.3 Å². The number of aryl methyl sites for hydroxylation is 1. The van der Waals surface area contributed by atoms with Crippen LogP contribution in [-0.4, -0.2) is 22.4 Å². The molecule has 2 heterocycles. The third-order valence-electron chi connectivity index (χ3n) is 4.79. The van der Waals surface area contributed by atoms with E-state index in [0.717, 1.165) is 23.1 Å². The Hall–Kier alpha value is -3.05. The molecule has 1 amide bonds. The molecule has 0 spiro atoms. The molecule has 0 radical (unpaired) electrons. The monoisotopic (exact) mass is 360 g/mol. The van der Waals surface area contributed by atoms with Gasteiger partial charge in [-0.2, -0.15) is 0 Å². The highest BCUT2D eigenvalue weighted by Crippen LogP contribution is 2.27. The van der Waals surface area contributed by atoms with Gasteiger partial charge < -0.3 is 5.73 Å². The van der Waals surface area contributed by atoms with Crippen molar-refractivity contribution in [3.05, 3.63) is 96.1 Å². The molecule has 2 aromatic heterocycles. The first kappa shape index (κ1) is 18.7. The number of carbonyl (C=O) groups excluding carboxylic acids is 1. The van der Waals surface area contributed by atoms with Crippen molar-refractivity contribution in [2.75, 3.05) is 6.54 Å². The van der Waals surface area contributed by atoms with Crippen LogP contribution in [-0.2, 0) is 23.2 Å². The van der Waals surface area contributed by atoms with Crippen molar-refractivity contribution in [2.45, 2.75) is 24.8 Å². The second-order valence-corrected chi connectivity index (χ2v) is 6.53. The Morgan fingerprint density at radius 2 is 1.67 bits per heavy atom. The van der Waals surface area contributed by atoms with Crippen molar-refractivity contribution in [3.63, 3.8) is 0 Å². The number of primary amides is 1. The number of rotatable bonds is 9. The molecule has 0 fully saturated rings. The molecule has 0 saturated carbocycles. The zero-order valence-electron chi connectivity index (χ0n) is 15.2. The fourth-order valence-corrected chi connectivity index (χ4v) is 3.26.